The Balaban J connectivity index is 2.30. The molecule has 0 radical (unpaired) electrons. The minimum atomic E-state index is -0.583. The van der Waals surface area contributed by atoms with E-state index in [4.69, 9.17) is 0 Å². The van der Waals surface area contributed by atoms with Crippen LogP contribution in [-0.2, 0) is 11.3 Å². The molecule has 0 saturated heterocycles. The molecular weight excluding hydrogens is 356 g/mol. The van der Waals surface area contributed by atoms with Gasteiger partial charge in [-0.2, -0.15) is 0 Å². The topological polar surface area (TPSA) is 86.0 Å². The third-order valence-corrected chi connectivity index (χ3v) is 4.75. The van der Waals surface area contributed by atoms with Crippen molar-refractivity contribution in [3.63, 3.8) is 0 Å². The molecule has 1 atom stereocenters. The molecule has 0 aliphatic rings. The van der Waals surface area contributed by atoms with Gasteiger partial charge in [-0.3, -0.25) is 9.59 Å². The second-order valence-electron chi connectivity index (χ2n) is 7.00. The number of hydrogen-bond donors (Lipinski definition) is 1. The first-order chi connectivity index (χ1) is 13.3. The van der Waals surface area contributed by atoms with Gasteiger partial charge in [-0.05, 0) is 51.0 Å². The van der Waals surface area contributed by atoms with E-state index in [1.54, 1.807) is 30.3 Å². The normalized spacial score (nSPS) is 12.1. The van der Waals surface area contributed by atoms with Gasteiger partial charge in [-0.15, -0.1) is 0 Å². The molecule has 2 heterocycles. The van der Waals surface area contributed by atoms with Crippen molar-refractivity contribution < 1.29 is 4.79 Å². The van der Waals surface area contributed by atoms with Crippen molar-refractivity contribution in [2.24, 2.45) is 0 Å². The molecule has 1 aromatic carbocycles. The predicted octanol–water partition coefficient (Wildman–Crippen LogP) is 2.08. The van der Waals surface area contributed by atoms with Crippen molar-refractivity contribution in [1.82, 2.24) is 19.4 Å². The Bertz CT molecular complexity index is 1150. The molecule has 0 spiro atoms. The number of nitrogens with one attached hydrogen (secondary N) is 1. The van der Waals surface area contributed by atoms with E-state index in [2.05, 4.69) is 10.3 Å². The van der Waals surface area contributed by atoms with Crippen LogP contribution < -0.4 is 16.6 Å². The Morgan fingerprint density at radius 2 is 1.86 bits per heavy atom. The molecule has 1 N–H and O–H groups in total. The van der Waals surface area contributed by atoms with E-state index in [1.807, 2.05) is 33.8 Å². The number of aromatic nitrogens is 3. The van der Waals surface area contributed by atoms with Crippen LogP contribution in [0.4, 0.5) is 0 Å². The van der Waals surface area contributed by atoms with Gasteiger partial charge < -0.3 is 5.32 Å². The van der Waals surface area contributed by atoms with Gasteiger partial charge in [0, 0.05) is 11.7 Å². The van der Waals surface area contributed by atoms with E-state index in [-0.39, 0.29) is 18.5 Å². The molecule has 0 aliphatic carbocycles. The number of carbonyl (C=O) groups is 1. The fraction of sp³-hybridized carbons (Fsp3) is 0.333. The van der Waals surface area contributed by atoms with E-state index < -0.39 is 11.2 Å². The molecule has 2 aromatic heterocycles. The number of nitrogens with zero attached hydrogens (tertiary/aromatic N) is 3. The van der Waals surface area contributed by atoms with Crippen LogP contribution in [-0.4, -0.2) is 26.1 Å². The van der Waals surface area contributed by atoms with Crippen LogP contribution in [0.1, 0.15) is 31.5 Å². The summed E-state index contributed by atoms with van der Waals surface area (Å²) in [5, 5.41) is 3.14. The summed E-state index contributed by atoms with van der Waals surface area (Å²) in [6, 6.07) is 10.8. The smallest absolute Gasteiger partial charge is 0.337 e. The van der Waals surface area contributed by atoms with Crippen LogP contribution in [0.5, 0.6) is 0 Å². The fourth-order valence-corrected chi connectivity index (χ4v) is 3.19. The Morgan fingerprint density at radius 1 is 1.18 bits per heavy atom. The first-order valence-corrected chi connectivity index (χ1v) is 9.32. The van der Waals surface area contributed by atoms with Gasteiger partial charge >= 0.3 is 5.69 Å². The molecule has 1 amide bonds. The van der Waals surface area contributed by atoms with Crippen molar-refractivity contribution in [3.8, 4) is 5.69 Å². The highest BCUT2D eigenvalue weighted by atomic mass is 16.2. The summed E-state index contributed by atoms with van der Waals surface area (Å²) in [6.45, 7) is 7.12. The highest BCUT2D eigenvalue weighted by Gasteiger charge is 2.19. The van der Waals surface area contributed by atoms with Crippen molar-refractivity contribution in [1.29, 1.82) is 0 Å². The summed E-state index contributed by atoms with van der Waals surface area (Å²) in [4.78, 5) is 43.1. The second-order valence-corrected chi connectivity index (χ2v) is 7.00. The van der Waals surface area contributed by atoms with Gasteiger partial charge in [-0.25, -0.2) is 18.9 Å². The molecule has 3 aromatic rings. The number of rotatable bonds is 5. The molecule has 0 aliphatic heterocycles. The van der Waals surface area contributed by atoms with E-state index in [0.29, 0.717) is 28.0 Å². The maximum absolute atomic E-state index is 13.2. The lowest BCUT2D eigenvalue weighted by molar-refractivity contribution is -0.122. The lowest BCUT2D eigenvalue weighted by Crippen LogP contribution is -2.45. The average Bonchev–Trinajstić information content (AvgIpc) is 2.65. The lowest BCUT2D eigenvalue weighted by Gasteiger charge is -2.16. The van der Waals surface area contributed by atoms with Gasteiger partial charge in [0.25, 0.3) is 5.56 Å². The number of pyridine rings is 1. The number of carbonyl (C=O) groups excluding carboxylic acids is 1. The summed E-state index contributed by atoms with van der Waals surface area (Å²) in [5.74, 6) is -0.370. The molecule has 0 bridgehead atoms. The molecule has 0 saturated carbocycles. The van der Waals surface area contributed by atoms with Gasteiger partial charge in [-0.1, -0.05) is 25.1 Å². The lowest BCUT2D eigenvalue weighted by atomic mass is 10.1. The third-order valence-electron chi connectivity index (χ3n) is 4.75. The summed E-state index contributed by atoms with van der Waals surface area (Å²) < 4.78 is 2.38. The SMILES string of the molecule is CC[C@H](C)NC(=O)Cn1c(=O)c2c(C)cc(C)nc2n(-c2ccccc2)c1=O. The van der Waals surface area contributed by atoms with Crippen LogP contribution in [0.3, 0.4) is 0 Å². The number of aryl methyl sites for hydroxylation is 2. The van der Waals surface area contributed by atoms with Gasteiger partial charge in [0.05, 0.1) is 11.1 Å². The number of benzene rings is 1. The quantitative estimate of drug-likeness (QED) is 0.734. The molecule has 7 heteroatoms. The summed E-state index contributed by atoms with van der Waals surface area (Å²) >= 11 is 0. The van der Waals surface area contributed by atoms with Gasteiger partial charge in [0.15, 0.2) is 5.65 Å². The zero-order valence-corrected chi connectivity index (χ0v) is 16.5. The molecule has 28 heavy (non-hydrogen) atoms. The third kappa shape index (κ3) is 3.60. The Hall–Kier alpha value is -3.22. The van der Waals surface area contributed by atoms with E-state index in [9.17, 15) is 14.4 Å². The fourth-order valence-electron chi connectivity index (χ4n) is 3.19. The van der Waals surface area contributed by atoms with E-state index in [1.165, 1.54) is 4.57 Å². The van der Waals surface area contributed by atoms with E-state index in [0.717, 1.165) is 11.0 Å². The first kappa shape index (κ1) is 19.5. The summed E-state index contributed by atoms with van der Waals surface area (Å²) in [7, 11) is 0. The number of fused-ring (bicyclic) bond motifs is 1. The highest BCUT2D eigenvalue weighted by molar-refractivity contribution is 5.81. The van der Waals surface area contributed by atoms with E-state index >= 15 is 0 Å². The minimum absolute atomic E-state index is 0.0361. The van der Waals surface area contributed by atoms with Crippen LogP contribution in [0.15, 0.2) is 46.0 Å². The molecule has 3 rings (SSSR count). The largest absolute Gasteiger partial charge is 0.352 e. The van der Waals surface area contributed by atoms with Crippen molar-refractivity contribution in [2.45, 2.75) is 46.7 Å². The minimum Gasteiger partial charge on any atom is -0.352 e. The van der Waals surface area contributed by atoms with Crippen molar-refractivity contribution >= 4 is 16.9 Å². The summed E-state index contributed by atoms with van der Waals surface area (Å²) in [6.07, 6.45) is 0.759. The molecule has 0 fully saturated rings. The maximum Gasteiger partial charge on any atom is 0.337 e. The summed E-state index contributed by atoms with van der Waals surface area (Å²) in [5.41, 5.74) is 1.23. The molecule has 7 nitrogen and oxygen atoms in total. The van der Waals surface area contributed by atoms with Crippen molar-refractivity contribution in [2.75, 3.05) is 0 Å². The standard InChI is InChI=1S/C21H24N4O3/c1-5-14(3)22-17(26)12-24-20(27)18-13(2)11-15(4)23-19(18)25(21(24)28)16-9-7-6-8-10-16/h6-11,14H,5,12H2,1-4H3,(H,22,26)/t14-/m0/s1. The molecule has 0 unspecified atom stereocenters. The monoisotopic (exact) mass is 380 g/mol. The van der Waals surface area contributed by atoms with Crippen molar-refractivity contribution in [3.05, 3.63) is 68.5 Å². The highest BCUT2D eigenvalue weighted by Crippen LogP contribution is 2.16. The van der Waals surface area contributed by atoms with Gasteiger partial charge in [0.2, 0.25) is 5.91 Å². The zero-order valence-electron chi connectivity index (χ0n) is 16.5. The van der Waals surface area contributed by atoms with Crippen LogP contribution in [0, 0.1) is 13.8 Å². The Labute approximate surface area is 162 Å². The predicted molar refractivity (Wildman–Crippen MR) is 109 cm³/mol. The number of para-hydroxylation sites is 1. The maximum atomic E-state index is 13.2. The zero-order chi connectivity index (χ0) is 20.4. The second kappa shape index (κ2) is 7.80. The average molecular weight is 380 g/mol. The van der Waals surface area contributed by atoms with Gasteiger partial charge in [0.1, 0.15) is 6.54 Å². The first-order valence-electron chi connectivity index (χ1n) is 9.32. The van der Waals surface area contributed by atoms with Crippen LogP contribution >= 0.6 is 0 Å². The number of hydrogen-bond acceptors (Lipinski definition) is 4. The van der Waals surface area contributed by atoms with Crippen LogP contribution in [0.2, 0.25) is 0 Å². The Morgan fingerprint density at radius 3 is 2.50 bits per heavy atom. The molecular formula is C21H24N4O3. The van der Waals surface area contributed by atoms with Crippen LogP contribution in [0.25, 0.3) is 16.7 Å². The Kier molecular flexibility index (Phi) is 5.44. The molecule has 146 valence electrons. The number of amides is 1.